The molecule has 0 radical (unpaired) electrons. The van der Waals surface area contributed by atoms with Crippen molar-refractivity contribution >= 4 is 23.2 Å². The van der Waals surface area contributed by atoms with E-state index in [-0.39, 0.29) is 0 Å². The Balaban J connectivity index is 2.22. The van der Waals surface area contributed by atoms with Crippen LogP contribution in [-0.4, -0.2) is 28.0 Å². The van der Waals surface area contributed by atoms with Crippen LogP contribution in [0.1, 0.15) is 38.6 Å². The first-order valence-electron chi connectivity index (χ1n) is 6.68. The normalized spacial score (nSPS) is 19.8. The standard InChI is InChI=1S/C14H22N4S/c1-9-7-11(12(15)19)17-13(16-9)18-6-5-10(8-18)14(2,3)4/h7,10H,5-6,8H2,1-4H3,(H2,15,19). The van der Waals surface area contributed by atoms with Gasteiger partial charge in [0.25, 0.3) is 0 Å². The number of anilines is 1. The van der Waals surface area contributed by atoms with Gasteiger partial charge >= 0.3 is 0 Å². The number of nitrogens with zero attached hydrogens (tertiary/aromatic N) is 3. The van der Waals surface area contributed by atoms with Gasteiger partial charge < -0.3 is 10.6 Å². The summed E-state index contributed by atoms with van der Waals surface area (Å²) in [7, 11) is 0. The van der Waals surface area contributed by atoms with Crippen LogP contribution in [0.4, 0.5) is 5.95 Å². The lowest BCUT2D eigenvalue weighted by atomic mass is 9.80. The lowest BCUT2D eigenvalue weighted by molar-refractivity contribution is 0.263. The molecule has 0 amide bonds. The molecule has 5 heteroatoms. The molecule has 1 fully saturated rings. The SMILES string of the molecule is Cc1cc(C(N)=S)nc(N2CCC(C(C)(C)C)C2)n1. The maximum absolute atomic E-state index is 5.67. The lowest BCUT2D eigenvalue weighted by Crippen LogP contribution is -2.27. The molecule has 19 heavy (non-hydrogen) atoms. The predicted octanol–water partition coefficient (Wildman–Crippen LogP) is 2.29. The van der Waals surface area contributed by atoms with E-state index in [0.29, 0.717) is 22.0 Å². The third-order valence-electron chi connectivity index (χ3n) is 3.79. The van der Waals surface area contributed by atoms with Crippen LogP contribution in [0.25, 0.3) is 0 Å². The molecule has 1 saturated heterocycles. The fraction of sp³-hybridized carbons (Fsp3) is 0.643. The fourth-order valence-corrected chi connectivity index (χ4v) is 2.57. The predicted molar refractivity (Wildman–Crippen MR) is 82.4 cm³/mol. The van der Waals surface area contributed by atoms with Crippen molar-refractivity contribution in [1.82, 2.24) is 9.97 Å². The maximum Gasteiger partial charge on any atom is 0.226 e. The van der Waals surface area contributed by atoms with E-state index < -0.39 is 0 Å². The third-order valence-corrected chi connectivity index (χ3v) is 4.00. The molecule has 0 spiro atoms. The van der Waals surface area contributed by atoms with Crippen molar-refractivity contribution in [2.24, 2.45) is 17.1 Å². The summed E-state index contributed by atoms with van der Waals surface area (Å²) < 4.78 is 0. The largest absolute Gasteiger partial charge is 0.388 e. The highest BCUT2D eigenvalue weighted by Crippen LogP contribution is 2.34. The van der Waals surface area contributed by atoms with Crippen molar-refractivity contribution < 1.29 is 0 Å². The smallest absolute Gasteiger partial charge is 0.226 e. The van der Waals surface area contributed by atoms with Crippen LogP contribution in [0, 0.1) is 18.3 Å². The van der Waals surface area contributed by atoms with Gasteiger partial charge in [-0.3, -0.25) is 0 Å². The topological polar surface area (TPSA) is 55.0 Å². The Kier molecular flexibility index (Phi) is 3.76. The zero-order valence-corrected chi connectivity index (χ0v) is 12.9. The number of nitrogens with two attached hydrogens (primary N) is 1. The second-order valence-electron chi connectivity index (χ2n) is 6.36. The molecule has 104 valence electrons. The summed E-state index contributed by atoms with van der Waals surface area (Å²) >= 11 is 5.01. The number of aryl methyl sites for hydroxylation is 1. The van der Waals surface area contributed by atoms with Crippen LogP contribution in [0.2, 0.25) is 0 Å². The summed E-state index contributed by atoms with van der Waals surface area (Å²) in [5.41, 5.74) is 7.57. The van der Waals surface area contributed by atoms with Crippen LogP contribution in [0.3, 0.4) is 0 Å². The van der Waals surface area contributed by atoms with E-state index in [0.717, 1.165) is 24.7 Å². The minimum absolute atomic E-state index is 0.324. The Labute approximate surface area is 120 Å². The highest BCUT2D eigenvalue weighted by atomic mass is 32.1. The van der Waals surface area contributed by atoms with Gasteiger partial charge in [0, 0.05) is 18.8 Å². The van der Waals surface area contributed by atoms with E-state index in [4.69, 9.17) is 18.0 Å². The first-order valence-corrected chi connectivity index (χ1v) is 7.08. The first kappa shape index (κ1) is 14.2. The van der Waals surface area contributed by atoms with Gasteiger partial charge in [0.2, 0.25) is 5.95 Å². The van der Waals surface area contributed by atoms with Gasteiger partial charge in [-0.15, -0.1) is 0 Å². The van der Waals surface area contributed by atoms with E-state index in [1.807, 2.05) is 13.0 Å². The monoisotopic (exact) mass is 278 g/mol. The molecule has 2 rings (SSSR count). The summed E-state index contributed by atoms with van der Waals surface area (Å²) in [4.78, 5) is 11.6. The van der Waals surface area contributed by atoms with Crippen molar-refractivity contribution in [3.63, 3.8) is 0 Å². The Hall–Kier alpha value is -1.23. The summed E-state index contributed by atoms with van der Waals surface area (Å²) in [6.45, 7) is 10.8. The van der Waals surface area contributed by atoms with Crippen molar-refractivity contribution in [2.45, 2.75) is 34.1 Å². The zero-order valence-electron chi connectivity index (χ0n) is 12.1. The second kappa shape index (κ2) is 5.04. The van der Waals surface area contributed by atoms with Crippen molar-refractivity contribution in [3.8, 4) is 0 Å². The molecular weight excluding hydrogens is 256 g/mol. The molecule has 0 saturated carbocycles. The summed E-state index contributed by atoms with van der Waals surface area (Å²) in [6.07, 6.45) is 1.18. The Morgan fingerprint density at radius 2 is 2.11 bits per heavy atom. The van der Waals surface area contributed by atoms with Crippen LogP contribution < -0.4 is 10.6 Å². The zero-order chi connectivity index (χ0) is 14.2. The molecule has 0 aromatic carbocycles. The van der Waals surface area contributed by atoms with Crippen molar-refractivity contribution in [1.29, 1.82) is 0 Å². The van der Waals surface area contributed by atoms with Crippen LogP contribution in [0.5, 0.6) is 0 Å². The third kappa shape index (κ3) is 3.21. The average Bonchev–Trinajstić information content (AvgIpc) is 2.76. The second-order valence-corrected chi connectivity index (χ2v) is 6.80. The molecule has 1 unspecified atom stereocenters. The number of thiocarbonyl (C=S) groups is 1. The fourth-order valence-electron chi connectivity index (χ4n) is 2.47. The molecular formula is C14H22N4S. The molecule has 1 aliphatic heterocycles. The van der Waals surface area contributed by atoms with E-state index in [2.05, 4.69) is 35.6 Å². The number of hydrogen-bond donors (Lipinski definition) is 1. The Bertz CT molecular complexity index is 493. The molecule has 1 atom stereocenters. The first-order chi connectivity index (χ1) is 8.77. The van der Waals surface area contributed by atoms with Crippen molar-refractivity contribution in [3.05, 3.63) is 17.5 Å². The summed E-state index contributed by atoms with van der Waals surface area (Å²) in [5, 5.41) is 0. The summed E-state index contributed by atoms with van der Waals surface area (Å²) in [6, 6.07) is 1.84. The van der Waals surface area contributed by atoms with Crippen molar-refractivity contribution in [2.75, 3.05) is 18.0 Å². The van der Waals surface area contributed by atoms with Gasteiger partial charge in [0.15, 0.2) is 0 Å². The highest BCUT2D eigenvalue weighted by molar-refractivity contribution is 7.80. The Morgan fingerprint density at radius 1 is 1.42 bits per heavy atom. The van der Waals surface area contributed by atoms with Crippen LogP contribution in [0.15, 0.2) is 6.07 Å². The molecule has 0 aliphatic carbocycles. The minimum Gasteiger partial charge on any atom is -0.388 e. The molecule has 1 aromatic heterocycles. The highest BCUT2D eigenvalue weighted by Gasteiger charge is 2.32. The van der Waals surface area contributed by atoms with Gasteiger partial charge in [-0.2, -0.15) is 0 Å². The minimum atomic E-state index is 0.324. The quantitative estimate of drug-likeness (QED) is 0.841. The molecule has 2 heterocycles. The van der Waals surface area contributed by atoms with E-state index in [1.54, 1.807) is 0 Å². The van der Waals surface area contributed by atoms with Gasteiger partial charge in [-0.05, 0) is 30.7 Å². The molecule has 1 aromatic rings. The molecule has 2 N–H and O–H groups in total. The van der Waals surface area contributed by atoms with Gasteiger partial charge in [0.1, 0.15) is 10.7 Å². The van der Waals surface area contributed by atoms with Gasteiger partial charge in [0.05, 0.1) is 0 Å². The molecule has 1 aliphatic rings. The Morgan fingerprint density at radius 3 is 2.63 bits per heavy atom. The molecule has 0 bridgehead atoms. The van der Waals surface area contributed by atoms with Crippen LogP contribution >= 0.6 is 12.2 Å². The average molecular weight is 278 g/mol. The van der Waals surface area contributed by atoms with E-state index >= 15 is 0 Å². The summed E-state index contributed by atoms with van der Waals surface area (Å²) in [5.74, 6) is 1.43. The molecule has 4 nitrogen and oxygen atoms in total. The van der Waals surface area contributed by atoms with Gasteiger partial charge in [-0.25, -0.2) is 9.97 Å². The van der Waals surface area contributed by atoms with E-state index in [1.165, 1.54) is 6.42 Å². The number of hydrogen-bond acceptors (Lipinski definition) is 4. The lowest BCUT2D eigenvalue weighted by Gasteiger charge is -2.27. The van der Waals surface area contributed by atoms with E-state index in [9.17, 15) is 0 Å². The van der Waals surface area contributed by atoms with Crippen LogP contribution in [-0.2, 0) is 0 Å². The number of aromatic nitrogens is 2. The van der Waals surface area contributed by atoms with Gasteiger partial charge in [-0.1, -0.05) is 33.0 Å². The maximum atomic E-state index is 5.67. The number of rotatable bonds is 2.